The summed E-state index contributed by atoms with van der Waals surface area (Å²) < 4.78 is 52.4. The largest absolute Gasteiger partial charge is 0.477 e. The number of aromatic carboxylic acids is 1. The van der Waals surface area contributed by atoms with Crippen molar-refractivity contribution in [3.63, 3.8) is 0 Å². The monoisotopic (exact) mass is 1080 g/mol. The number of carbonyl (C=O) groups is 4. The van der Waals surface area contributed by atoms with Gasteiger partial charge >= 0.3 is 17.9 Å². The molecule has 3 saturated heterocycles. The number of cyclic esters (lactones) is 1. The van der Waals surface area contributed by atoms with E-state index in [1.807, 2.05) is 25.9 Å². The van der Waals surface area contributed by atoms with Gasteiger partial charge in [0.1, 0.15) is 35.1 Å². The molecule has 22 nitrogen and oxygen atoms in total. The van der Waals surface area contributed by atoms with E-state index in [4.69, 9.17) is 37.9 Å². The van der Waals surface area contributed by atoms with Crippen molar-refractivity contribution in [1.29, 1.82) is 0 Å². The zero-order valence-electron chi connectivity index (χ0n) is 46.3. The molecule has 0 radical (unpaired) electrons. The highest BCUT2D eigenvalue weighted by Gasteiger charge is 2.55. The maximum Gasteiger partial charge on any atom is 0.341 e. The van der Waals surface area contributed by atoms with E-state index >= 15 is 0 Å². The highest BCUT2D eigenvalue weighted by Crippen LogP contribution is 2.42. The van der Waals surface area contributed by atoms with Crippen molar-refractivity contribution in [3.05, 3.63) is 34.2 Å². The zero-order chi connectivity index (χ0) is 56.1. The fourth-order valence-corrected chi connectivity index (χ4v) is 11.5. The van der Waals surface area contributed by atoms with E-state index in [2.05, 4.69) is 10.3 Å². The molecule has 0 spiro atoms. The molecule has 23 heteroatoms. The number of carboxylic acids is 1. The lowest BCUT2D eigenvalue weighted by Gasteiger charge is -2.49. The molecule has 0 saturated carbocycles. The smallest absolute Gasteiger partial charge is 0.341 e. The molecule has 0 amide bonds. The lowest BCUT2D eigenvalue weighted by Crippen LogP contribution is -2.61. The summed E-state index contributed by atoms with van der Waals surface area (Å²) in [7, 11) is 10.1. The highest BCUT2D eigenvalue weighted by atomic mass is 32.2. The van der Waals surface area contributed by atoms with Gasteiger partial charge in [0, 0.05) is 88.7 Å². The summed E-state index contributed by atoms with van der Waals surface area (Å²) in [6.07, 6.45) is -7.37. The van der Waals surface area contributed by atoms with Gasteiger partial charge in [0.2, 0.25) is 5.43 Å². The zero-order valence-corrected chi connectivity index (χ0v) is 47.1. The second-order valence-corrected chi connectivity index (χ2v) is 22.7. The fraction of sp³-hybridized carbons (Fsp3) is 0.769. The standard InChI is InChI=1S/C52H83N5O17S/c1-16-36-52(9,66)43(62)39(59)27(2)23-50(7,67-14)44(74-49-41(61)35(55(10)11)21-28(3)69-49)29(4)42(30(5)48(65)71-36)73-38-24-51(8,68-15)45(31(6)70-38)72-37(58)17-18-53-19-20-75-32-22-33-40(60)34(47(63)64)26-57(56(12)13)46(33)54-25-32/h22,25-31,35-36,38,41-45,49,53,61-62,66H,16-21,23-24H2,1-15H3,(H,63,64)/t27-,28-,29+,30-,31+,35+,36-,38+,41-,42+,43-,44-,45+,49+,50-,51-,52-/m1/s1. The van der Waals surface area contributed by atoms with Crippen molar-refractivity contribution < 1.29 is 77.5 Å². The van der Waals surface area contributed by atoms with E-state index < -0.39 is 119 Å². The molecule has 75 heavy (non-hydrogen) atoms. The van der Waals surface area contributed by atoms with Crippen molar-refractivity contribution in [3.8, 4) is 0 Å². The van der Waals surface area contributed by atoms with Crippen LogP contribution in [0.2, 0.25) is 0 Å². The number of likely N-dealkylation sites (N-methyl/N-ethyl adjacent to an activating group) is 1. The summed E-state index contributed by atoms with van der Waals surface area (Å²) in [5.74, 6) is -5.64. The fourth-order valence-electron chi connectivity index (χ4n) is 10.7. The molecule has 2 aromatic heterocycles. The summed E-state index contributed by atoms with van der Waals surface area (Å²) in [5, 5.41) is 49.5. The van der Waals surface area contributed by atoms with E-state index in [1.54, 1.807) is 79.8 Å². The number of pyridine rings is 2. The van der Waals surface area contributed by atoms with E-state index in [1.165, 1.54) is 43.8 Å². The molecule has 3 fully saturated rings. The van der Waals surface area contributed by atoms with Gasteiger partial charge in [0.25, 0.3) is 0 Å². The number of rotatable bonds is 18. The van der Waals surface area contributed by atoms with Gasteiger partial charge in [0.05, 0.1) is 47.7 Å². The topological polar surface area (TPSA) is 276 Å². The SMILES string of the molecule is CC[C@H]1OC(=O)[C@H](C)[C@@H](O[C@H]2C[C@@](C)(OC)[C@@H](OC(=O)CCNCCSc3cnc4c(c3)c(=O)c(C(=O)O)cn4N(C)C)[C@H](C)O2)[C@H](C)[C@@H](O[C@@H]2O[C@H](C)C[C@H](N(C)C)[C@H]2O)[C@](C)(OC)C[C@@H](C)C(=O)[C@@H](O)[C@]1(C)O. The van der Waals surface area contributed by atoms with Crippen LogP contribution in [0.15, 0.2) is 28.2 Å². The van der Waals surface area contributed by atoms with Gasteiger partial charge in [-0.05, 0) is 81.0 Å². The number of Topliss-reactive ketones (excluding diaryl/α,β-unsaturated/α-hetero) is 1. The number of thioether (sulfide) groups is 1. The Balaban J connectivity index is 1.33. The van der Waals surface area contributed by atoms with E-state index in [0.717, 1.165) is 0 Å². The Morgan fingerprint density at radius 3 is 2.20 bits per heavy atom. The van der Waals surface area contributed by atoms with Gasteiger partial charge in [-0.15, -0.1) is 11.8 Å². The molecular formula is C52H83N5O17S. The summed E-state index contributed by atoms with van der Waals surface area (Å²) in [4.78, 5) is 73.6. The van der Waals surface area contributed by atoms with Crippen molar-refractivity contribution in [1.82, 2.24) is 19.9 Å². The van der Waals surface area contributed by atoms with E-state index in [-0.39, 0.29) is 55.3 Å². The van der Waals surface area contributed by atoms with Gasteiger partial charge in [-0.1, -0.05) is 20.8 Å². The summed E-state index contributed by atoms with van der Waals surface area (Å²) >= 11 is 1.41. The number of ketones is 1. The molecule has 5 N–H and O–H groups in total. The van der Waals surface area contributed by atoms with Crippen LogP contribution in [0.4, 0.5) is 0 Å². The Kier molecular flexibility index (Phi) is 21.3. The van der Waals surface area contributed by atoms with Crippen LogP contribution >= 0.6 is 11.8 Å². The lowest BCUT2D eigenvalue weighted by atomic mass is 9.75. The van der Waals surface area contributed by atoms with Crippen LogP contribution in [0.3, 0.4) is 0 Å². The predicted octanol–water partition coefficient (Wildman–Crippen LogP) is 2.73. The van der Waals surface area contributed by atoms with Crippen molar-refractivity contribution >= 4 is 46.5 Å². The minimum absolute atomic E-state index is 0.00636. The van der Waals surface area contributed by atoms with E-state index in [9.17, 15) is 44.4 Å². The molecule has 0 aromatic carbocycles. The molecule has 17 atom stereocenters. The van der Waals surface area contributed by atoms with Crippen LogP contribution in [0.25, 0.3) is 11.0 Å². The van der Waals surface area contributed by atoms with Crippen molar-refractivity contribution in [2.75, 3.05) is 66.3 Å². The van der Waals surface area contributed by atoms with Crippen molar-refractivity contribution in [2.45, 2.75) is 184 Å². The summed E-state index contributed by atoms with van der Waals surface area (Å²) in [6.45, 7) is 15.8. The van der Waals surface area contributed by atoms with E-state index in [0.29, 0.717) is 29.3 Å². The number of esters is 2. The first kappa shape index (κ1) is 62.0. The second kappa shape index (κ2) is 25.7. The Morgan fingerprint density at radius 2 is 1.60 bits per heavy atom. The van der Waals surface area contributed by atoms with Gasteiger partial charge < -0.3 is 73.5 Å². The molecular weight excluding hydrogens is 999 g/mol. The van der Waals surface area contributed by atoms with Crippen LogP contribution in [0, 0.1) is 17.8 Å². The van der Waals surface area contributed by atoms with Crippen molar-refractivity contribution in [2.24, 2.45) is 17.8 Å². The van der Waals surface area contributed by atoms with Gasteiger partial charge in [-0.25, -0.2) is 14.5 Å². The number of nitrogens with one attached hydrogen (secondary N) is 1. The molecule has 424 valence electrons. The quantitative estimate of drug-likeness (QED) is 0.0815. The average Bonchev–Trinajstić information content (AvgIpc) is 3.35. The summed E-state index contributed by atoms with van der Waals surface area (Å²) in [6, 6.07) is 1.28. The molecule has 2 aromatic rings. The Bertz CT molecular complexity index is 2360. The van der Waals surface area contributed by atoms with Crippen LogP contribution in [0.5, 0.6) is 0 Å². The molecule has 3 aliphatic rings. The number of hydrogen-bond acceptors (Lipinski definition) is 21. The number of hydrogen-bond donors (Lipinski definition) is 5. The third kappa shape index (κ3) is 14.1. The third-order valence-electron chi connectivity index (χ3n) is 15.3. The summed E-state index contributed by atoms with van der Waals surface area (Å²) in [5.41, 5.74) is -5.39. The number of carboxylic acid groups (broad SMARTS) is 1. The molecule has 5 heterocycles. The average molecular weight is 1080 g/mol. The Morgan fingerprint density at radius 1 is 0.947 bits per heavy atom. The van der Waals surface area contributed by atoms with Gasteiger partial charge in [-0.2, -0.15) is 0 Å². The third-order valence-corrected chi connectivity index (χ3v) is 16.3. The maximum atomic E-state index is 14.4. The first-order valence-corrected chi connectivity index (χ1v) is 26.7. The highest BCUT2D eigenvalue weighted by molar-refractivity contribution is 7.99. The Labute approximate surface area is 444 Å². The minimum atomic E-state index is -2.18. The molecule has 0 aliphatic carbocycles. The number of carbonyl (C=O) groups excluding carboxylic acids is 3. The number of nitrogens with zero attached hydrogens (tertiary/aromatic N) is 4. The first-order chi connectivity index (χ1) is 35.0. The number of aliphatic hydroxyl groups is 3. The normalized spacial score (nSPS) is 36.3. The maximum absolute atomic E-state index is 14.4. The molecule has 0 unspecified atom stereocenters. The first-order valence-electron chi connectivity index (χ1n) is 25.8. The second-order valence-electron chi connectivity index (χ2n) is 21.5. The number of ether oxygens (including phenoxy) is 8. The van der Waals surface area contributed by atoms with Gasteiger partial charge in [0.15, 0.2) is 30.1 Å². The van der Waals surface area contributed by atoms with Crippen LogP contribution < -0.4 is 15.8 Å². The number of methoxy groups -OCH3 is 2. The van der Waals surface area contributed by atoms with Crippen LogP contribution in [0.1, 0.15) is 105 Å². The lowest BCUT2D eigenvalue weighted by molar-refractivity contribution is -0.320. The number of aromatic nitrogens is 2. The van der Waals surface area contributed by atoms with Crippen LogP contribution in [-0.2, 0) is 52.3 Å². The Hall–Kier alpha value is -3.85. The minimum Gasteiger partial charge on any atom is -0.477 e. The molecule has 0 bridgehead atoms. The van der Waals surface area contributed by atoms with Crippen LogP contribution in [-0.4, -0.2) is 204 Å². The molecule has 3 aliphatic heterocycles. The van der Waals surface area contributed by atoms with Gasteiger partial charge in [-0.3, -0.25) is 19.2 Å². The molecule has 5 rings (SSSR count). The predicted molar refractivity (Wildman–Crippen MR) is 277 cm³/mol. The number of fused-ring (bicyclic) bond motifs is 1. The number of aliphatic hydroxyl groups excluding tert-OH is 2.